The fourth-order valence-corrected chi connectivity index (χ4v) is 2.50. The van der Waals surface area contributed by atoms with E-state index in [0.29, 0.717) is 0 Å². The highest BCUT2D eigenvalue weighted by atomic mass is 127. The van der Waals surface area contributed by atoms with Gasteiger partial charge in [-0.15, -0.1) is 0 Å². The van der Waals surface area contributed by atoms with E-state index in [1.165, 1.54) is 9.13 Å². The fourth-order valence-electron chi connectivity index (χ4n) is 1.98. The van der Waals surface area contributed by atoms with Crippen LogP contribution in [0.15, 0.2) is 42.5 Å². The zero-order chi connectivity index (χ0) is 13.8. The summed E-state index contributed by atoms with van der Waals surface area (Å²) in [7, 11) is 0. The molecule has 2 rings (SSSR count). The van der Waals surface area contributed by atoms with Crippen LogP contribution in [-0.4, -0.2) is 6.04 Å². The molecule has 0 aliphatic heterocycles. The Morgan fingerprint density at radius 3 is 2.63 bits per heavy atom. The maximum Gasteiger partial charge on any atom is 0.130 e. The summed E-state index contributed by atoms with van der Waals surface area (Å²) in [6.45, 7) is 4.08. The number of hydrogen-bond donors (Lipinski definition) is 1. The van der Waals surface area contributed by atoms with Crippen LogP contribution >= 0.6 is 22.6 Å². The maximum absolute atomic E-state index is 5.91. The molecule has 0 heterocycles. The maximum atomic E-state index is 5.91. The molecular weight excluding hydrogens is 349 g/mol. The number of ether oxygens (including phenoxy) is 1. The first-order valence-corrected chi connectivity index (χ1v) is 7.41. The lowest BCUT2D eigenvalue weighted by Crippen LogP contribution is -2.17. The summed E-state index contributed by atoms with van der Waals surface area (Å²) in [5.74, 6) is 1.77. The van der Waals surface area contributed by atoms with Crippen molar-refractivity contribution in [3.05, 3.63) is 57.2 Å². The van der Waals surface area contributed by atoms with Crippen molar-refractivity contribution in [1.29, 1.82) is 0 Å². The molecule has 0 fully saturated rings. The molecule has 0 saturated heterocycles. The topological polar surface area (TPSA) is 35.2 Å². The van der Waals surface area contributed by atoms with Crippen LogP contribution in [0, 0.1) is 10.5 Å². The van der Waals surface area contributed by atoms with Crippen molar-refractivity contribution < 1.29 is 4.74 Å². The van der Waals surface area contributed by atoms with Gasteiger partial charge in [0.2, 0.25) is 0 Å². The summed E-state index contributed by atoms with van der Waals surface area (Å²) in [6.07, 6.45) is 0.893. The molecule has 0 radical (unpaired) electrons. The second-order valence-electron chi connectivity index (χ2n) is 4.84. The minimum absolute atomic E-state index is 0.182. The summed E-state index contributed by atoms with van der Waals surface area (Å²) in [5, 5.41) is 0. The third-order valence-corrected chi connectivity index (χ3v) is 3.49. The number of rotatable bonds is 4. The number of nitrogens with two attached hydrogens (primary N) is 1. The fraction of sp³-hybridized carbons (Fsp3) is 0.250. The Morgan fingerprint density at radius 1 is 1.21 bits per heavy atom. The first-order chi connectivity index (χ1) is 9.04. The Hall–Kier alpha value is -1.07. The van der Waals surface area contributed by atoms with Gasteiger partial charge in [0.25, 0.3) is 0 Å². The highest BCUT2D eigenvalue weighted by Crippen LogP contribution is 2.27. The van der Waals surface area contributed by atoms with Gasteiger partial charge in [0.15, 0.2) is 0 Å². The molecular formula is C16H18INO. The lowest BCUT2D eigenvalue weighted by atomic mass is 10.0. The van der Waals surface area contributed by atoms with Crippen LogP contribution in [0.4, 0.5) is 0 Å². The quantitative estimate of drug-likeness (QED) is 0.819. The molecule has 19 heavy (non-hydrogen) atoms. The Labute approximate surface area is 128 Å². The van der Waals surface area contributed by atoms with Crippen LogP contribution in [0.25, 0.3) is 0 Å². The van der Waals surface area contributed by atoms with Gasteiger partial charge in [0.1, 0.15) is 11.5 Å². The van der Waals surface area contributed by atoms with Crippen LogP contribution in [0.3, 0.4) is 0 Å². The molecule has 2 aromatic carbocycles. The molecule has 0 aliphatic carbocycles. The minimum Gasteiger partial charge on any atom is -0.457 e. The Kier molecular flexibility index (Phi) is 4.82. The van der Waals surface area contributed by atoms with Gasteiger partial charge < -0.3 is 10.5 Å². The lowest BCUT2D eigenvalue weighted by Gasteiger charge is -2.11. The largest absolute Gasteiger partial charge is 0.457 e. The second-order valence-corrected chi connectivity index (χ2v) is 6.09. The monoisotopic (exact) mass is 367 g/mol. The second kappa shape index (κ2) is 6.39. The van der Waals surface area contributed by atoms with Gasteiger partial charge in [-0.05, 0) is 78.3 Å². The Balaban J connectivity index is 2.17. The van der Waals surface area contributed by atoms with E-state index in [-0.39, 0.29) is 6.04 Å². The van der Waals surface area contributed by atoms with Gasteiger partial charge in [-0.25, -0.2) is 0 Å². The molecule has 2 N–H and O–H groups in total. The van der Waals surface area contributed by atoms with E-state index in [1.54, 1.807) is 0 Å². The summed E-state index contributed by atoms with van der Waals surface area (Å²) >= 11 is 2.28. The van der Waals surface area contributed by atoms with Gasteiger partial charge in [0, 0.05) is 9.61 Å². The summed E-state index contributed by atoms with van der Waals surface area (Å²) in [5.41, 5.74) is 8.21. The standard InChI is InChI=1S/C16H18INO/c1-11-8-13(9-12(2)18)6-7-16(11)19-15-5-3-4-14(17)10-15/h3-8,10,12H,9,18H2,1-2H3. The molecule has 100 valence electrons. The molecule has 1 atom stereocenters. The number of aryl methyl sites for hydroxylation is 1. The molecule has 1 unspecified atom stereocenters. The average Bonchev–Trinajstić information content (AvgIpc) is 2.32. The van der Waals surface area contributed by atoms with E-state index in [4.69, 9.17) is 10.5 Å². The predicted molar refractivity (Wildman–Crippen MR) is 87.8 cm³/mol. The van der Waals surface area contributed by atoms with Crippen LogP contribution in [-0.2, 0) is 6.42 Å². The zero-order valence-corrected chi connectivity index (χ0v) is 13.3. The van der Waals surface area contributed by atoms with E-state index in [1.807, 2.05) is 37.3 Å². The normalized spacial score (nSPS) is 12.2. The molecule has 3 heteroatoms. The van der Waals surface area contributed by atoms with Crippen molar-refractivity contribution in [2.45, 2.75) is 26.3 Å². The number of halogens is 1. The third kappa shape index (κ3) is 4.21. The Morgan fingerprint density at radius 2 is 2.00 bits per heavy atom. The zero-order valence-electron chi connectivity index (χ0n) is 11.2. The molecule has 0 spiro atoms. The summed E-state index contributed by atoms with van der Waals surface area (Å²) in [6, 6.07) is 14.5. The lowest BCUT2D eigenvalue weighted by molar-refractivity contribution is 0.478. The predicted octanol–water partition coefficient (Wildman–Crippen LogP) is 4.28. The molecule has 0 amide bonds. The highest BCUT2D eigenvalue weighted by molar-refractivity contribution is 14.1. The molecule has 0 aromatic heterocycles. The van der Waals surface area contributed by atoms with Crippen LogP contribution in [0.5, 0.6) is 11.5 Å². The SMILES string of the molecule is Cc1cc(CC(C)N)ccc1Oc1cccc(I)c1. The molecule has 0 bridgehead atoms. The summed E-state index contributed by atoms with van der Waals surface area (Å²) in [4.78, 5) is 0. The van der Waals surface area contributed by atoms with Crippen molar-refractivity contribution in [2.24, 2.45) is 5.73 Å². The highest BCUT2D eigenvalue weighted by Gasteiger charge is 2.05. The average molecular weight is 367 g/mol. The van der Waals surface area contributed by atoms with Crippen molar-refractivity contribution in [2.75, 3.05) is 0 Å². The van der Waals surface area contributed by atoms with Gasteiger partial charge in [0.05, 0.1) is 0 Å². The number of benzene rings is 2. The Bertz CT molecular complexity index is 566. The van der Waals surface area contributed by atoms with Crippen LogP contribution in [0.1, 0.15) is 18.1 Å². The third-order valence-electron chi connectivity index (χ3n) is 2.82. The smallest absolute Gasteiger partial charge is 0.130 e. The molecule has 2 nitrogen and oxygen atoms in total. The van der Waals surface area contributed by atoms with E-state index >= 15 is 0 Å². The van der Waals surface area contributed by atoms with Crippen molar-refractivity contribution in [3.63, 3.8) is 0 Å². The summed E-state index contributed by atoms with van der Waals surface area (Å²) < 4.78 is 7.08. The van der Waals surface area contributed by atoms with E-state index in [2.05, 4.69) is 41.6 Å². The van der Waals surface area contributed by atoms with Crippen molar-refractivity contribution in [3.8, 4) is 11.5 Å². The van der Waals surface area contributed by atoms with Crippen molar-refractivity contribution in [1.82, 2.24) is 0 Å². The first kappa shape index (κ1) is 14.3. The molecule has 2 aromatic rings. The van der Waals surface area contributed by atoms with Gasteiger partial charge in [-0.2, -0.15) is 0 Å². The van der Waals surface area contributed by atoms with Gasteiger partial charge in [-0.3, -0.25) is 0 Å². The van der Waals surface area contributed by atoms with E-state index in [0.717, 1.165) is 23.5 Å². The van der Waals surface area contributed by atoms with E-state index < -0.39 is 0 Å². The molecule has 0 saturated carbocycles. The van der Waals surface area contributed by atoms with Crippen LogP contribution in [0.2, 0.25) is 0 Å². The minimum atomic E-state index is 0.182. The van der Waals surface area contributed by atoms with E-state index in [9.17, 15) is 0 Å². The van der Waals surface area contributed by atoms with Crippen molar-refractivity contribution >= 4 is 22.6 Å². The van der Waals surface area contributed by atoms with Gasteiger partial charge >= 0.3 is 0 Å². The first-order valence-electron chi connectivity index (χ1n) is 6.33. The number of hydrogen-bond acceptors (Lipinski definition) is 2. The molecule has 0 aliphatic rings. The van der Waals surface area contributed by atoms with Crippen LogP contribution < -0.4 is 10.5 Å². The van der Waals surface area contributed by atoms with Gasteiger partial charge in [-0.1, -0.05) is 18.2 Å².